The van der Waals surface area contributed by atoms with Crippen molar-refractivity contribution >= 4 is 22.6 Å². The zero-order valence-electron chi connectivity index (χ0n) is 14.4. The summed E-state index contributed by atoms with van der Waals surface area (Å²) >= 11 is 0. The zero-order valence-corrected chi connectivity index (χ0v) is 14.4. The summed E-state index contributed by atoms with van der Waals surface area (Å²) in [6.07, 6.45) is 0. The summed E-state index contributed by atoms with van der Waals surface area (Å²) in [5.41, 5.74) is -0.165. The highest BCUT2D eigenvalue weighted by Gasteiger charge is 2.21. The number of nitro benzene ring substituents is 1. The Kier molecular flexibility index (Phi) is 5.50. The van der Waals surface area contributed by atoms with Crippen molar-refractivity contribution in [3.8, 4) is 11.5 Å². The van der Waals surface area contributed by atoms with Crippen LogP contribution in [0.3, 0.4) is 0 Å². The smallest absolute Gasteiger partial charge is 0.387 e. The van der Waals surface area contributed by atoms with Crippen molar-refractivity contribution in [3.63, 3.8) is 0 Å². The fourth-order valence-corrected chi connectivity index (χ4v) is 2.53. The van der Waals surface area contributed by atoms with E-state index in [1.807, 2.05) is 0 Å². The van der Waals surface area contributed by atoms with E-state index in [0.29, 0.717) is 5.76 Å². The lowest BCUT2D eigenvalue weighted by Gasteiger charge is -2.08. The summed E-state index contributed by atoms with van der Waals surface area (Å²) in [7, 11) is 1.42. The van der Waals surface area contributed by atoms with Gasteiger partial charge < -0.3 is 18.6 Å². The molecule has 146 valence electrons. The van der Waals surface area contributed by atoms with Gasteiger partial charge in [0.05, 0.1) is 10.5 Å². The number of ether oxygens (including phenoxy) is 3. The fraction of sp³-hybridized carbons (Fsp3) is 0.167. The summed E-state index contributed by atoms with van der Waals surface area (Å²) in [6.45, 7) is -3.02. The third-order valence-corrected chi connectivity index (χ3v) is 3.68. The van der Waals surface area contributed by atoms with Crippen LogP contribution in [0.5, 0.6) is 11.5 Å². The molecule has 1 heterocycles. The molecule has 0 bridgehead atoms. The van der Waals surface area contributed by atoms with Crippen molar-refractivity contribution in [3.05, 3.63) is 63.9 Å². The molecule has 1 aromatic heterocycles. The van der Waals surface area contributed by atoms with Crippen molar-refractivity contribution in [1.82, 2.24) is 0 Å². The van der Waals surface area contributed by atoms with Crippen LogP contribution in [0.4, 0.5) is 14.5 Å². The normalized spacial score (nSPS) is 11.0. The molecule has 0 aliphatic carbocycles. The highest BCUT2D eigenvalue weighted by Crippen LogP contribution is 2.33. The lowest BCUT2D eigenvalue weighted by Crippen LogP contribution is -2.09. The van der Waals surface area contributed by atoms with Gasteiger partial charge in [-0.25, -0.2) is 4.79 Å². The summed E-state index contributed by atoms with van der Waals surface area (Å²) in [6, 6.07) is 8.81. The second-order valence-electron chi connectivity index (χ2n) is 5.52. The Bertz CT molecular complexity index is 1010. The number of alkyl halides is 2. The van der Waals surface area contributed by atoms with Gasteiger partial charge in [-0.2, -0.15) is 8.78 Å². The van der Waals surface area contributed by atoms with Crippen LogP contribution in [-0.2, 0) is 11.3 Å². The molecule has 0 saturated carbocycles. The van der Waals surface area contributed by atoms with Gasteiger partial charge in [-0.3, -0.25) is 10.1 Å². The summed E-state index contributed by atoms with van der Waals surface area (Å²) in [5, 5.41) is 10.9. The number of carbonyl (C=O) groups is 1. The van der Waals surface area contributed by atoms with Crippen molar-refractivity contribution < 1.29 is 37.1 Å². The van der Waals surface area contributed by atoms with E-state index in [2.05, 4.69) is 4.74 Å². The van der Waals surface area contributed by atoms with Crippen molar-refractivity contribution in [2.24, 2.45) is 0 Å². The SMILES string of the molecule is COCc1cc2c(C(=O)Oc3ccc([N+](=O)[O-])cc3)ccc(OC(F)F)c2o1. The summed E-state index contributed by atoms with van der Waals surface area (Å²) < 4.78 is 45.3. The topological polar surface area (TPSA) is 101 Å². The van der Waals surface area contributed by atoms with Crippen LogP contribution in [0.2, 0.25) is 0 Å². The summed E-state index contributed by atoms with van der Waals surface area (Å²) in [5.74, 6) is -0.657. The van der Waals surface area contributed by atoms with E-state index in [1.165, 1.54) is 49.6 Å². The predicted octanol–water partition coefficient (Wildman–Crippen LogP) is 4.31. The number of nitrogens with zero attached hydrogens (tertiary/aromatic N) is 1. The molecule has 0 radical (unpaired) electrons. The van der Waals surface area contributed by atoms with Gasteiger partial charge in [0.15, 0.2) is 11.3 Å². The molecule has 3 aromatic rings. The maximum absolute atomic E-state index is 12.6. The number of rotatable bonds is 7. The Labute approximate surface area is 156 Å². The van der Waals surface area contributed by atoms with Gasteiger partial charge in [0.25, 0.3) is 5.69 Å². The summed E-state index contributed by atoms with van der Waals surface area (Å²) in [4.78, 5) is 22.6. The van der Waals surface area contributed by atoms with Crippen molar-refractivity contribution in [1.29, 1.82) is 0 Å². The first kappa shape index (κ1) is 19.2. The Morgan fingerprint density at radius 2 is 1.93 bits per heavy atom. The fourth-order valence-electron chi connectivity index (χ4n) is 2.53. The molecular weight excluding hydrogens is 380 g/mol. The number of esters is 1. The first-order valence-corrected chi connectivity index (χ1v) is 7.85. The second kappa shape index (κ2) is 8.01. The van der Waals surface area contributed by atoms with E-state index in [0.717, 1.165) is 0 Å². The van der Waals surface area contributed by atoms with Gasteiger partial charge in [-0.1, -0.05) is 0 Å². The van der Waals surface area contributed by atoms with Crippen LogP contribution < -0.4 is 9.47 Å². The third kappa shape index (κ3) is 4.07. The van der Waals surface area contributed by atoms with Crippen LogP contribution in [0.15, 0.2) is 46.9 Å². The van der Waals surface area contributed by atoms with Crippen LogP contribution in [0.1, 0.15) is 16.1 Å². The minimum atomic E-state index is -3.07. The minimum absolute atomic E-state index is 0.0427. The molecule has 0 spiro atoms. The largest absolute Gasteiger partial charge is 0.455 e. The quantitative estimate of drug-likeness (QED) is 0.255. The number of carbonyl (C=O) groups excluding carboxylic acids is 1. The van der Waals surface area contributed by atoms with Crippen LogP contribution in [-0.4, -0.2) is 24.6 Å². The number of halogens is 2. The molecule has 2 aromatic carbocycles. The molecule has 0 unspecified atom stereocenters. The van der Waals surface area contributed by atoms with E-state index in [1.54, 1.807) is 0 Å². The molecule has 3 rings (SSSR count). The highest BCUT2D eigenvalue weighted by atomic mass is 19.3. The molecule has 28 heavy (non-hydrogen) atoms. The molecule has 0 saturated heterocycles. The number of non-ortho nitro benzene ring substituents is 1. The van der Waals surface area contributed by atoms with Crippen LogP contribution in [0.25, 0.3) is 11.0 Å². The van der Waals surface area contributed by atoms with Crippen molar-refractivity contribution in [2.75, 3.05) is 7.11 Å². The maximum Gasteiger partial charge on any atom is 0.387 e. The molecule has 0 aliphatic rings. The number of methoxy groups -OCH3 is 1. The van der Waals surface area contributed by atoms with Gasteiger partial charge in [-0.15, -0.1) is 0 Å². The average molecular weight is 393 g/mol. The number of fused-ring (bicyclic) bond motifs is 1. The number of furan rings is 1. The zero-order chi connectivity index (χ0) is 20.3. The van der Waals surface area contributed by atoms with Gasteiger partial charge in [0.1, 0.15) is 18.1 Å². The molecule has 0 atom stereocenters. The molecular formula is C18H13F2NO7. The number of nitro groups is 1. The Morgan fingerprint density at radius 1 is 1.21 bits per heavy atom. The van der Waals surface area contributed by atoms with Crippen LogP contribution >= 0.6 is 0 Å². The third-order valence-electron chi connectivity index (χ3n) is 3.68. The lowest BCUT2D eigenvalue weighted by atomic mass is 10.1. The predicted molar refractivity (Wildman–Crippen MR) is 91.6 cm³/mol. The standard InChI is InChI=1S/C18H13F2NO7/c1-25-9-12-8-14-13(6-7-15(16(14)26-12)28-18(19)20)17(22)27-11-4-2-10(3-5-11)21(23)24/h2-8,18H,9H2,1H3. The van der Waals surface area contributed by atoms with E-state index in [9.17, 15) is 23.7 Å². The van der Waals surface area contributed by atoms with Gasteiger partial charge in [0, 0.05) is 24.6 Å². The van der Waals surface area contributed by atoms with Gasteiger partial charge in [-0.05, 0) is 30.3 Å². The average Bonchev–Trinajstić information content (AvgIpc) is 3.06. The van der Waals surface area contributed by atoms with E-state index in [-0.39, 0.29) is 40.3 Å². The van der Waals surface area contributed by atoms with Crippen LogP contribution in [0, 0.1) is 10.1 Å². The number of hydrogen-bond acceptors (Lipinski definition) is 7. The first-order valence-electron chi connectivity index (χ1n) is 7.85. The Hall–Kier alpha value is -3.53. The van der Waals surface area contributed by atoms with E-state index < -0.39 is 17.5 Å². The lowest BCUT2D eigenvalue weighted by molar-refractivity contribution is -0.384. The molecule has 10 heteroatoms. The van der Waals surface area contributed by atoms with E-state index in [4.69, 9.17) is 13.9 Å². The molecule has 0 aliphatic heterocycles. The molecule has 0 fully saturated rings. The second-order valence-corrected chi connectivity index (χ2v) is 5.52. The Balaban J connectivity index is 1.94. The molecule has 0 amide bonds. The van der Waals surface area contributed by atoms with Gasteiger partial charge in [0.2, 0.25) is 0 Å². The number of hydrogen-bond donors (Lipinski definition) is 0. The molecule has 0 N–H and O–H groups in total. The van der Waals surface area contributed by atoms with Crippen molar-refractivity contribution in [2.45, 2.75) is 13.2 Å². The first-order chi connectivity index (χ1) is 13.4. The number of benzene rings is 2. The Morgan fingerprint density at radius 3 is 2.54 bits per heavy atom. The minimum Gasteiger partial charge on any atom is -0.455 e. The van der Waals surface area contributed by atoms with E-state index >= 15 is 0 Å². The molecule has 8 nitrogen and oxygen atoms in total. The highest BCUT2D eigenvalue weighted by molar-refractivity contribution is 6.05. The maximum atomic E-state index is 12.6. The van der Waals surface area contributed by atoms with Gasteiger partial charge >= 0.3 is 12.6 Å². The monoisotopic (exact) mass is 393 g/mol.